The van der Waals surface area contributed by atoms with Gasteiger partial charge in [-0.05, 0) is 49.7 Å². The number of aryl methyl sites for hydroxylation is 1. The fourth-order valence-electron chi connectivity index (χ4n) is 4.13. The standard InChI is InChI=1S/C22H25NO7S/c1-14-3-9-17(10-4-14)31(26,27)30-19-13-23-12-11-18(20(23)21(19)24)29-22(25)15-5-7-16(28-2)8-6-15/h3-10,18-21,24H,11-13H2,1-2H3/t18-,19-,20+,21-/m0/s1. The van der Waals surface area contributed by atoms with Crippen molar-refractivity contribution in [1.29, 1.82) is 0 Å². The van der Waals surface area contributed by atoms with Gasteiger partial charge >= 0.3 is 5.97 Å². The first-order valence-corrected chi connectivity index (χ1v) is 11.5. The number of benzene rings is 2. The van der Waals surface area contributed by atoms with E-state index in [1.165, 1.54) is 12.1 Å². The molecule has 0 bridgehead atoms. The smallest absolute Gasteiger partial charge is 0.338 e. The molecular formula is C22H25NO7S. The van der Waals surface area contributed by atoms with E-state index in [1.807, 2.05) is 11.8 Å². The Morgan fingerprint density at radius 3 is 2.39 bits per heavy atom. The van der Waals surface area contributed by atoms with E-state index in [4.69, 9.17) is 13.7 Å². The molecule has 0 amide bonds. The van der Waals surface area contributed by atoms with Crippen molar-refractivity contribution in [2.75, 3.05) is 20.2 Å². The monoisotopic (exact) mass is 447 g/mol. The summed E-state index contributed by atoms with van der Waals surface area (Å²) in [6.07, 6.45) is -2.03. The van der Waals surface area contributed by atoms with Crippen LogP contribution in [0.25, 0.3) is 0 Å². The highest BCUT2D eigenvalue weighted by Gasteiger charge is 2.51. The van der Waals surface area contributed by atoms with Crippen molar-refractivity contribution < 1.29 is 32.0 Å². The largest absolute Gasteiger partial charge is 0.497 e. The van der Waals surface area contributed by atoms with E-state index in [0.29, 0.717) is 24.3 Å². The molecule has 2 heterocycles. The zero-order valence-electron chi connectivity index (χ0n) is 17.3. The van der Waals surface area contributed by atoms with Crippen LogP contribution < -0.4 is 4.74 Å². The molecule has 0 saturated carbocycles. The van der Waals surface area contributed by atoms with E-state index in [1.54, 1.807) is 43.5 Å². The molecule has 2 fully saturated rings. The van der Waals surface area contributed by atoms with Crippen molar-refractivity contribution in [3.8, 4) is 5.75 Å². The van der Waals surface area contributed by atoms with Crippen LogP contribution in [-0.2, 0) is 19.0 Å². The molecule has 2 aromatic rings. The SMILES string of the molecule is COc1ccc(C(=O)O[C@H]2CCN3C[C@H](OS(=O)(=O)c4ccc(C)cc4)[C@H](O)[C@@H]23)cc1. The predicted molar refractivity (Wildman–Crippen MR) is 111 cm³/mol. The fraction of sp³-hybridized carbons (Fsp3) is 0.409. The number of esters is 1. The minimum atomic E-state index is -4.02. The predicted octanol–water partition coefficient (Wildman–Crippen LogP) is 1.75. The highest BCUT2D eigenvalue weighted by molar-refractivity contribution is 7.86. The summed E-state index contributed by atoms with van der Waals surface area (Å²) in [5, 5.41) is 10.8. The van der Waals surface area contributed by atoms with Crippen molar-refractivity contribution in [2.45, 2.75) is 42.6 Å². The minimum Gasteiger partial charge on any atom is -0.497 e. The van der Waals surface area contributed by atoms with Crippen LogP contribution in [-0.4, -0.2) is 68.9 Å². The Morgan fingerprint density at radius 2 is 1.74 bits per heavy atom. The average Bonchev–Trinajstić information content (AvgIpc) is 3.28. The Hall–Kier alpha value is -2.46. The lowest BCUT2D eigenvalue weighted by Crippen LogP contribution is -2.42. The van der Waals surface area contributed by atoms with Gasteiger partial charge in [-0.15, -0.1) is 0 Å². The maximum absolute atomic E-state index is 12.6. The van der Waals surface area contributed by atoms with E-state index in [2.05, 4.69) is 0 Å². The Balaban J connectivity index is 1.42. The number of hydrogen-bond donors (Lipinski definition) is 1. The van der Waals surface area contributed by atoms with Crippen LogP contribution in [0.1, 0.15) is 22.3 Å². The van der Waals surface area contributed by atoms with E-state index < -0.39 is 40.4 Å². The van der Waals surface area contributed by atoms with Crippen molar-refractivity contribution in [2.24, 2.45) is 0 Å². The molecule has 4 atom stereocenters. The van der Waals surface area contributed by atoms with Crippen molar-refractivity contribution >= 4 is 16.1 Å². The third-order valence-electron chi connectivity index (χ3n) is 5.79. The number of carbonyl (C=O) groups excluding carboxylic acids is 1. The van der Waals surface area contributed by atoms with Crippen molar-refractivity contribution in [3.05, 3.63) is 59.7 Å². The maximum atomic E-state index is 12.6. The van der Waals surface area contributed by atoms with Crippen molar-refractivity contribution in [3.63, 3.8) is 0 Å². The summed E-state index contributed by atoms with van der Waals surface area (Å²) < 4.78 is 41.3. The molecule has 1 N–H and O–H groups in total. The highest BCUT2D eigenvalue weighted by Crippen LogP contribution is 2.34. The number of nitrogens with zero attached hydrogens (tertiary/aromatic N) is 1. The fourth-order valence-corrected chi connectivity index (χ4v) is 5.21. The Bertz CT molecular complexity index is 1040. The first-order chi connectivity index (χ1) is 14.8. The summed E-state index contributed by atoms with van der Waals surface area (Å²) in [6, 6.07) is 12.4. The zero-order valence-corrected chi connectivity index (χ0v) is 18.1. The van der Waals surface area contributed by atoms with Gasteiger partial charge in [0.2, 0.25) is 0 Å². The molecule has 2 aromatic carbocycles. The molecule has 0 radical (unpaired) electrons. The first kappa shape index (κ1) is 21.8. The molecule has 4 rings (SSSR count). The van der Waals surface area contributed by atoms with Gasteiger partial charge in [0.25, 0.3) is 10.1 Å². The number of carbonyl (C=O) groups is 1. The van der Waals surface area contributed by atoms with E-state index >= 15 is 0 Å². The van der Waals surface area contributed by atoms with Gasteiger partial charge in [-0.1, -0.05) is 17.7 Å². The van der Waals surface area contributed by atoms with Gasteiger partial charge in [-0.3, -0.25) is 9.08 Å². The van der Waals surface area contributed by atoms with Crippen LogP contribution in [0, 0.1) is 6.92 Å². The first-order valence-electron chi connectivity index (χ1n) is 10.1. The topological polar surface area (TPSA) is 102 Å². The average molecular weight is 448 g/mol. The van der Waals surface area contributed by atoms with Gasteiger partial charge in [0.05, 0.1) is 23.6 Å². The number of rotatable bonds is 6. The lowest BCUT2D eigenvalue weighted by atomic mass is 10.1. The summed E-state index contributed by atoms with van der Waals surface area (Å²) >= 11 is 0. The Labute approximate surface area is 181 Å². The van der Waals surface area contributed by atoms with Crippen LogP contribution in [0.4, 0.5) is 0 Å². The molecule has 0 unspecified atom stereocenters. The van der Waals surface area contributed by atoms with Gasteiger partial charge < -0.3 is 14.6 Å². The number of ether oxygens (including phenoxy) is 2. The van der Waals surface area contributed by atoms with Crippen LogP contribution >= 0.6 is 0 Å². The van der Waals surface area contributed by atoms with Gasteiger partial charge in [0.15, 0.2) is 0 Å². The number of hydrogen-bond acceptors (Lipinski definition) is 8. The summed E-state index contributed by atoms with van der Waals surface area (Å²) in [5.74, 6) is 0.128. The van der Waals surface area contributed by atoms with Crippen molar-refractivity contribution in [1.82, 2.24) is 4.90 Å². The summed E-state index contributed by atoms with van der Waals surface area (Å²) in [6.45, 7) is 2.68. The maximum Gasteiger partial charge on any atom is 0.338 e. The van der Waals surface area contributed by atoms with E-state index in [0.717, 1.165) is 5.56 Å². The van der Waals surface area contributed by atoms with Gasteiger partial charge in [0.1, 0.15) is 24.1 Å². The van der Waals surface area contributed by atoms with Gasteiger partial charge in [0, 0.05) is 13.1 Å². The molecule has 0 aliphatic carbocycles. The Morgan fingerprint density at radius 1 is 1.06 bits per heavy atom. The second kappa shape index (κ2) is 8.58. The second-order valence-corrected chi connectivity index (χ2v) is 9.41. The molecule has 2 saturated heterocycles. The lowest BCUT2D eigenvalue weighted by Gasteiger charge is -2.24. The van der Waals surface area contributed by atoms with Gasteiger partial charge in [-0.25, -0.2) is 4.79 Å². The number of aliphatic hydroxyl groups excluding tert-OH is 1. The molecule has 166 valence electrons. The number of methoxy groups -OCH3 is 1. The third kappa shape index (κ3) is 4.45. The summed E-state index contributed by atoms with van der Waals surface area (Å²) in [7, 11) is -2.48. The summed E-state index contributed by atoms with van der Waals surface area (Å²) in [4.78, 5) is 14.5. The highest BCUT2D eigenvalue weighted by atomic mass is 32.2. The molecule has 9 heteroatoms. The summed E-state index contributed by atoms with van der Waals surface area (Å²) in [5.41, 5.74) is 1.31. The molecule has 8 nitrogen and oxygen atoms in total. The molecule has 31 heavy (non-hydrogen) atoms. The molecule has 2 aliphatic rings. The normalized spacial score (nSPS) is 25.9. The van der Waals surface area contributed by atoms with Crippen LogP contribution in [0.3, 0.4) is 0 Å². The molecular weight excluding hydrogens is 422 g/mol. The zero-order chi connectivity index (χ0) is 22.2. The minimum absolute atomic E-state index is 0.0415. The molecule has 2 aliphatic heterocycles. The molecule has 0 spiro atoms. The van der Waals surface area contributed by atoms with Crippen LogP contribution in [0.5, 0.6) is 5.75 Å². The quantitative estimate of drug-likeness (QED) is 0.528. The van der Waals surface area contributed by atoms with Gasteiger partial charge in [-0.2, -0.15) is 8.42 Å². The van der Waals surface area contributed by atoms with E-state index in [-0.39, 0.29) is 11.4 Å². The van der Waals surface area contributed by atoms with Crippen LogP contribution in [0.15, 0.2) is 53.4 Å². The van der Waals surface area contributed by atoms with Crippen LogP contribution in [0.2, 0.25) is 0 Å². The number of fused-ring (bicyclic) bond motifs is 1. The van der Waals surface area contributed by atoms with E-state index in [9.17, 15) is 18.3 Å². The lowest BCUT2D eigenvalue weighted by molar-refractivity contribution is -0.00681. The third-order valence-corrected chi connectivity index (χ3v) is 7.14. The Kier molecular flexibility index (Phi) is 6.02. The second-order valence-electron chi connectivity index (χ2n) is 7.84. The molecule has 0 aromatic heterocycles. The number of aliphatic hydroxyl groups is 1.